The Bertz CT molecular complexity index is 338. The lowest BCUT2D eigenvalue weighted by Crippen LogP contribution is -2.22. The van der Waals surface area contributed by atoms with Crippen LogP contribution in [0.4, 0.5) is 5.69 Å². The fourth-order valence-corrected chi connectivity index (χ4v) is 2.22. The number of rotatable bonds is 0. The summed E-state index contributed by atoms with van der Waals surface area (Å²) in [6, 6.07) is 4.06. The van der Waals surface area contributed by atoms with Gasteiger partial charge in [0.15, 0.2) is 0 Å². The van der Waals surface area contributed by atoms with Crippen molar-refractivity contribution in [3.05, 3.63) is 22.2 Å². The number of anilines is 1. The maximum atomic E-state index is 9.62. The fourth-order valence-electron chi connectivity index (χ4n) is 1.69. The number of aromatic hydroxyl groups is 1. The van der Waals surface area contributed by atoms with E-state index in [-0.39, 0.29) is 0 Å². The number of hydrogen-bond donors (Lipinski definition) is 2. The number of halogens is 1. The maximum Gasteiger partial charge on any atom is 0.139 e. The molecule has 2 nitrogen and oxygen atoms in total. The second-order valence-electron chi connectivity index (χ2n) is 3.50. The zero-order chi connectivity index (χ0) is 9.42. The van der Waals surface area contributed by atoms with Crippen LogP contribution in [-0.2, 0) is 6.42 Å². The standard InChI is InChI=1S/C10H12BrNO/c1-6-2-3-7-8(11)4-5-9(13)10(7)12-6/h4-6,12-13H,2-3H2,1H3. The highest BCUT2D eigenvalue weighted by molar-refractivity contribution is 9.10. The molecular weight excluding hydrogens is 230 g/mol. The van der Waals surface area contributed by atoms with Gasteiger partial charge in [0.25, 0.3) is 0 Å². The van der Waals surface area contributed by atoms with Crippen LogP contribution in [0.2, 0.25) is 0 Å². The molecule has 1 heterocycles. The fraction of sp³-hybridized carbons (Fsp3) is 0.400. The molecule has 0 bridgehead atoms. The van der Waals surface area contributed by atoms with Gasteiger partial charge in [-0.2, -0.15) is 0 Å². The third-order valence-electron chi connectivity index (χ3n) is 2.45. The molecule has 0 saturated heterocycles. The first kappa shape index (κ1) is 8.88. The van der Waals surface area contributed by atoms with Crippen LogP contribution in [0, 0.1) is 0 Å². The van der Waals surface area contributed by atoms with Crippen LogP contribution in [0.3, 0.4) is 0 Å². The number of nitrogens with one attached hydrogen (secondary N) is 1. The SMILES string of the molecule is CC1CCc2c(Br)ccc(O)c2N1. The zero-order valence-corrected chi connectivity index (χ0v) is 9.06. The Hall–Kier alpha value is -0.700. The summed E-state index contributed by atoms with van der Waals surface area (Å²) in [5.74, 6) is 0.352. The van der Waals surface area contributed by atoms with E-state index in [1.165, 1.54) is 5.56 Å². The molecule has 0 radical (unpaired) electrons. The molecule has 3 heteroatoms. The lowest BCUT2D eigenvalue weighted by Gasteiger charge is -2.25. The van der Waals surface area contributed by atoms with Crippen molar-refractivity contribution in [1.29, 1.82) is 0 Å². The highest BCUT2D eigenvalue weighted by Crippen LogP contribution is 2.37. The van der Waals surface area contributed by atoms with E-state index in [2.05, 4.69) is 28.2 Å². The van der Waals surface area contributed by atoms with Gasteiger partial charge in [0, 0.05) is 10.5 Å². The summed E-state index contributed by atoms with van der Waals surface area (Å²) in [7, 11) is 0. The molecule has 0 amide bonds. The van der Waals surface area contributed by atoms with Gasteiger partial charge in [-0.3, -0.25) is 0 Å². The monoisotopic (exact) mass is 241 g/mol. The van der Waals surface area contributed by atoms with Gasteiger partial charge in [0.1, 0.15) is 5.75 Å². The second kappa shape index (κ2) is 3.22. The minimum Gasteiger partial charge on any atom is -0.506 e. The number of hydrogen-bond acceptors (Lipinski definition) is 2. The summed E-state index contributed by atoms with van der Waals surface area (Å²) in [6.45, 7) is 2.13. The van der Waals surface area contributed by atoms with Crippen LogP contribution in [0.25, 0.3) is 0 Å². The molecule has 1 aliphatic rings. The molecule has 2 rings (SSSR count). The molecule has 1 unspecified atom stereocenters. The van der Waals surface area contributed by atoms with Crippen molar-refractivity contribution < 1.29 is 5.11 Å². The Labute approximate surface area is 86.1 Å². The molecular formula is C10H12BrNO. The Morgan fingerprint density at radius 2 is 2.31 bits per heavy atom. The molecule has 1 aromatic carbocycles. The van der Waals surface area contributed by atoms with E-state index in [1.807, 2.05) is 6.07 Å². The van der Waals surface area contributed by atoms with Crippen molar-refractivity contribution in [1.82, 2.24) is 0 Å². The average Bonchev–Trinajstić information content (AvgIpc) is 2.12. The van der Waals surface area contributed by atoms with E-state index in [9.17, 15) is 5.11 Å². The summed E-state index contributed by atoms with van der Waals surface area (Å²) < 4.78 is 1.08. The summed E-state index contributed by atoms with van der Waals surface area (Å²) in [6.07, 6.45) is 2.15. The zero-order valence-electron chi connectivity index (χ0n) is 7.47. The van der Waals surface area contributed by atoms with Crippen molar-refractivity contribution in [2.24, 2.45) is 0 Å². The lowest BCUT2D eigenvalue weighted by molar-refractivity contribution is 0.473. The van der Waals surface area contributed by atoms with Crippen molar-refractivity contribution in [2.45, 2.75) is 25.8 Å². The van der Waals surface area contributed by atoms with Gasteiger partial charge in [-0.1, -0.05) is 15.9 Å². The molecule has 2 N–H and O–H groups in total. The van der Waals surface area contributed by atoms with E-state index in [1.54, 1.807) is 6.07 Å². The molecule has 1 aromatic rings. The van der Waals surface area contributed by atoms with Gasteiger partial charge in [-0.05, 0) is 37.5 Å². The first-order chi connectivity index (χ1) is 6.18. The Morgan fingerprint density at radius 3 is 3.08 bits per heavy atom. The van der Waals surface area contributed by atoms with E-state index in [0.717, 1.165) is 23.0 Å². The molecule has 0 saturated carbocycles. The summed E-state index contributed by atoms with van der Waals surface area (Å²) in [5, 5.41) is 12.9. The minimum atomic E-state index is 0.352. The van der Waals surface area contributed by atoms with Crippen LogP contribution in [0.5, 0.6) is 5.75 Å². The molecule has 0 aliphatic carbocycles. The summed E-state index contributed by atoms with van der Waals surface area (Å²) >= 11 is 3.48. The van der Waals surface area contributed by atoms with Gasteiger partial charge in [-0.25, -0.2) is 0 Å². The number of fused-ring (bicyclic) bond motifs is 1. The van der Waals surface area contributed by atoms with Crippen molar-refractivity contribution >= 4 is 21.6 Å². The van der Waals surface area contributed by atoms with Crippen molar-refractivity contribution in [3.8, 4) is 5.75 Å². The molecule has 0 aromatic heterocycles. The van der Waals surface area contributed by atoms with Crippen LogP contribution < -0.4 is 5.32 Å². The minimum absolute atomic E-state index is 0.352. The normalized spacial score (nSPS) is 20.6. The van der Waals surface area contributed by atoms with Crippen LogP contribution in [-0.4, -0.2) is 11.1 Å². The van der Waals surface area contributed by atoms with Gasteiger partial charge < -0.3 is 10.4 Å². The Balaban J connectivity index is 2.51. The van der Waals surface area contributed by atoms with E-state index < -0.39 is 0 Å². The van der Waals surface area contributed by atoms with Crippen LogP contribution in [0.1, 0.15) is 18.9 Å². The third kappa shape index (κ3) is 1.53. The third-order valence-corrected chi connectivity index (χ3v) is 3.19. The van der Waals surface area contributed by atoms with Crippen molar-refractivity contribution in [3.63, 3.8) is 0 Å². The predicted molar refractivity (Wildman–Crippen MR) is 57.2 cm³/mol. The highest BCUT2D eigenvalue weighted by Gasteiger charge is 2.18. The van der Waals surface area contributed by atoms with E-state index in [0.29, 0.717) is 11.8 Å². The first-order valence-corrected chi connectivity index (χ1v) is 5.24. The smallest absolute Gasteiger partial charge is 0.139 e. The first-order valence-electron chi connectivity index (χ1n) is 4.45. The summed E-state index contributed by atoms with van der Waals surface area (Å²) in [4.78, 5) is 0. The predicted octanol–water partition coefficient (Wildman–Crippen LogP) is 2.90. The molecule has 70 valence electrons. The lowest BCUT2D eigenvalue weighted by atomic mass is 9.98. The van der Waals surface area contributed by atoms with E-state index >= 15 is 0 Å². The molecule has 0 spiro atoms. The Kier molecular flexibility index (Phi) is 2.20. The topological polar surface area (TPSA) is 32.3 Å². The number of benzene rings is 1. The molecule has 0 fully saturated rings. The molecule has 1 aliphatic heterocycles. The van der Waals surface area contributed by atoms with Gasteiger partial charge in [0.05, 0.1) is 5.69 Å². The van der Waals surface area contributed by atoms with Gasteiger partial charge in [0.2, 0.25) is 0 Å². The molecule has 1 atom stereocenters. The quantitative estimate of drug-likeness (QED) is 0.685. The van der Waals surface area contributed by atoms with Gasteiger partial charge in [-0.15, -0.1) is 0 Å². The van der Waals surface area contributed by atoms with E-state index in [4.69, 9.17) is 0 Å². The Morgan fingerprint density at radius 1 is 1.54 bits per heavy atom. The number of phenols is 1. The molecule has 13 heavy (non-hydrogen) atoms. The van der Waals surface area contributed by atoms with Crippen molar-refractivity contribution in [2.75, 3.05) is 5.32 Å². The maximum absolute atomic E-state index is 9.62. The van der Waals surface area contributed by atoms with Crippen LogP contribution in [0.15, 0.2) is 16.6 Å². The number of phenolic OH excluding ortho intramolecular Hbond substituents is 1. The summed E-state index contributed by atoms with van der Waals surface area (Å²) in [5.41, 5.74) is 2.09. The second-order valence-corrected chi connectivity index (χ2v) is 4.36. The van der Waals surface area contributed by atoms with Crippen LogP contribution >= 0.6 is 15.9 Å². The largest absolute Gasteiger partial charge is 0.506 e. The average molecular weight is 242 g/mol. The highest BCUT2D eigenvalue weighted by atomic mass is 79.9. The van der Waals surface area contributed by atoms with Gasteiger partial charge >= 0.3 is 0 Å².